The number of benzene rings is 1. The zero-order valence-corrected chi connectivity index (χ0v) is 13.5. The first-order chi connectivity index (χ1) is 10.9. The first kappa shape index (κ1) is 17.2. The monoisotopic (exact) mass is 340 g/mol. The van der Waals surface area contributed by atoms with Crippen LogP contribution < -0.4 is 10.5 Å². The number of nitrogens with one attached hydrogen (secondary N) is 1. The van der Waals surface area contributed by atoms with Crippen LogP contribution >= 0.6 is 0 Å². The second-order valence-corrected chi connectivity index (χ2v) is 6.86. The standard InChI is InChI=1S/C14H20N4O4S/c15-23(21,22)13-3-1-12(2-4-13)5-6-16-14(20)18-9-7-17(11-19)8-10-18/h1-4,11H,5-10H2,(H,16,20)(H2,15,21,22). The molecule has 1 aromatic rings. The summed E-state index contributed by atoms with van der Waals surface area (Å²) in [6.45, 7) is 2.58. The van der Waals surface area contributed by atoms with E-state index in [1.165, 1.54) is 12.1 Å². The molecule has 1 aliphatic heterocycles. The highest BCUT2D eigenvalue weighted by Gasteiger charge is 2.19. The Balaban J connectivity index is 1.76. The van der Waals surface area contributed by atoms with Gasteiger partial charge in [0.25, 0.3) is 0 Å². The molecule has 1 saturated heterocycles. The number of amides is 3. The minimum absolute atomic E-state index is 0.0679. The maximum absolute atomic E-state index is 12.0. The molecule has 0 saturated carbocycles. The quantitative estimate of drug-likeness (QED) is 0.694. The molecule has 2 rings (SSSR count). The molecular weight excluding hydrogens is 320 g/mol. The van der Waals surface area contributed by atoms with E-state index in [1.54, 1.807) is 21.9 Å². The van der Waals surface area contributed by atoms with Gasteiger partial charge in [0.05, 0.1) is 4.90 Å². The summed E-state index contributed by atoms with van der Waals surface area (Å²) in [5, 5.41) is 7.85. The van der Waals surface area contributed by atoms with Crippen LogP contribution in [0.3, 0.4) is 0 Å². The summed E-state index contributed by atoms with van der Waals surface area (Å²) < 4.78 is 22.3. The van der Waals surface area contributed by atoms with Crippen LogP contribution in [0.1, 0.15) is 5.56 Å². The number of piperazine rings is 1. The average molecular weight is 340 g/mol. The number of urea groups is 1. The highest BCUT2D eigenvalue weighted by molar-refractivity contribution is 7.89. The lowest BCUT2D eigenvalue weighted by atomic mass is 10.1. The van der Waals surface area contributed by atoms with Crippen molar-refractivity contribution in [3.8, 4) is 0 Å². The van der Waals surface area contributed by atoms with Crippen molar-refractivity contribution in [2.75, 3.05) is 32.7 Å². The molecule has 0 aromatic heterocycles. The molecule has 0 radical (unpaired) electrons. The van der Waals surface area contributed by atoms with Crippen molar-refractivity contribution in [3.05, 3.63) is 29.8 Å². The van der Waals surface area contributed by atoms with Crippen LogP contribution in [0.5, 0.6) is 0 Å². The maximum atomic E-state index is 12.0. The van der Waals surface area contributed by atoms with E-state index in [-0.39, 0.29) is 10.9 Å². The number of hydrogen-bond donors (Lipinski definition) is 2. The van der Waals surface area contributed by atoms with Crippen molar-refractivity contribution in [1.29, 1.82) is 0 Å². The van der Waals surface area contributed by atoms with Crippen LogP contribution in [0.4, 0.5) is 4.79 Å². The molecular formula is C14H20N4O4S. The van der Waals surface area contributed by atoms with Gasteiger partial charge < -0.3 is 15.1 Å². The van der Waals surface area contributed by atoms with Crippen LogP contribution in [-0.2, 0) is 21.2 Å². The summed E-state index contributed by atoms with van der Waals surface area (Å²) in [6, 6.07) is 6.09. The molecule has 1 aliphatic rings. The fourth-order valence-electron chi connectivity index (χ4n) is 2.30. The molecule has 9 heteroatoms. The van der Waals surface area contributed by atoms with E-state index in [0.29, 0.717) is 39.1 Å². The normalized spacial score (nSPS) is 15.3. The highest BCUT2D eigenvalue weighted by Crippen LogP contribution is 2.09. The number of nitrogens with two attached hydrogens (primary N) is 1. The Kier molecular flexibility index (Phi) is 5.56. The Morgan fingerprint density at radius 2 is 1.78 bits per heavy atom. The fraction of sp³-hybridized carbons (Fsp3) is 0.429. The van der Waals surface area contributed by atoms with E-state index in [9.17, 15) is 18.0 Å². The fourth-order valence-corrected chi connectivity index (χ4v) is 2.82. The summed E-state index contributed by atoms with van der Waals surface area (Å²) in [5.41, 5.74) is 0.906. The molecule has 0 bridgehead atoms. The Labute approximate surface area is 135 Å². The predicted molar refractivity (Wildman–Crippen MR) is 84.1 cm³/mol. The zero-order chi connectivity index (χ0) is 16.9. The van der Waals surface area contributed by atoms with Crippen molar-refractivity contribution >= 4 is 22.5 Å². The van der Waals surface area contributed by atoms with Crippen molar-refractivity contribution < 1.29 is 18.0 Å². The average Bonchev–Trinajstić information content (AvgIpc) is 2.54. The zero-order valence-electron chi connectivity index (χ0n) is 12.6. The molecule has 0 atom stereocenters. The van der Waals surface area contributed by atoms with Crippen molar-refractivity contribution in [2.45, 2.75) is 11.3 Å². The minimum atomic E-state index is -3.68. The lowest BCUT2D eigenvalue weighted by molar-refractivity contribution is -0.119. The summed E-state index contributed by atoms with van der Waals surface area (Å²) in [4.78, 5) is 26.0. The third-order valence-corrected chi connectivity index (χ3v) is 4.62. The first-order valence-electron chi connectivity index (χ1n) is 7.24. The molecule has 0 aliphatic carbocycles. The smallest absolute Gasteiger partial charge is 0.317 e. The maximum Gasteiger partial charge on any atom is 0.317 e. The van der Waals surface area contributed by atoms with Crippen LogP contribution in [0.2, 0.25) is 0 Å². The Morgan fingerprint density at radius 1 is 1.17 bits per heavy atom. The minimum Gasteiger partial charge on any atom is -0.342 e. The van der Waals surface area contributed by atoms with Crippen molar-refractivity contribution in [1.82, 2.24) is 15.1 Å². The molecule has 126 valence electrons. The van der Waals surface area contributed by atoms with Gasteiger partial charge in [-0.25, -0.2) is 18.4 Å². The van der Waals surface area contributed by atoms with Gasteiger partial charge >= 0.3 is 6.03 Å². The Bertz CT molecular complexity index is 652. The van der Waals surface area contributed by atoms with E-state index in [2.05, 4.69) is 5.32 Å². The van der Waals surface area contributed by atoms with Gasteiger partial charge in [0.2, 0.25) is 16.4 Å². The van der Waals surface area contributed by atoms with Gasteiger partial charge in [-0.3, -0.25) is 4.79 Å². The molecule has 8 nitrogen and oxygen atoms in total. The van der Waals surface area contributed by atoms with Gasteiger partial charge in [-0.15, -0.1) is 0 Å². The van der Waals surface area contributed by atoms with Gasteiger partial charge in [-0.05, 0) is 24.1 Å². The molecule has 3 amide bonds. The number of hydrogen-bond acceptors (Lipinski definition) is 4. The lowest BCUT2D eigenvalue weighted by Crippen LogP contribution is -2.51. The second-order valence-electron chi connectivity index (χ2n) is 5.30. The number of carbonyl (C=O) groups is 2. The van der Waals surface area contributed by atoms with Gasteiger partial charge in [0.1, 0.15) is 0 Å². The van der Waals surface area contributed by atoms with Gasteiger partial charge in [0, 0.05) is 32.7 Å². The van der Waals surface area contributed by atoms with Crippen LogP contribution in [-0.4, -0.2) is 63.4 Å². The topological polar surface area (TPSA) is 113 Å². The van der Waals surface area contributed by atoms with E-state index >= 15 is 0 Å². The summed E-state index contributed by atoms with van der Waals surface area (Å²) in [6.07, 6.45) is 1.38. The number of nitrogens with zero attached hydrogens (tertiary/aromatic N) is 2. The van der Waals surface area contributed by atoms with Crippen LogP contribution in [0.15, 0.2) is 29.2 Å². The van der Waals surface area contributed by atoms with Crippen molar-refractivity contribution in [3.63, 3.8) is 0 Å². The van der Waals surface area contributed by atoms with Gasteiger partial charge in [-0.1, -0.05) is 12.1 Å². The lowest BCUT2D eigenvalue weighted by Gasteiger charge is -2.32. The summed E-state index contributed by atoms with van der Waals surface area (Å²) >= 11 is 0. The Morgan fingerprint density at radius 3 is 2.30 bits per heavy atom. The molecule has 0 unspecified atom stereocenters. The third kappa shape index (κ3) is 4.93. The molecule has 1 aromatic carbocycles. The number of carbonyl (C=O) groups excluding carboxylic acids is 2. The third-order valence-electron chi connectivity index (χ3n) is 3.69. The predicted octanol–water partition coefficient (Wildman–Crippen LogP) is -0.640. The first-order valence-corrected chi connectivity index (χ1v) is 8.78. The number of rotatable bonds is 5. The van der Waals surface area contributed by atoms with Gasteiger partial charge in [0.15, 0.2) is 0 Å². The SMILES string of the molecule is NS(=O)(=O)c1ccc(CCNC(=O)N2CCN(C=O)CC2)cc1. The van der Waals surface area contributed by atoms with E-state index in [0.717, 1.165) is 12.0 Å². The Hall–Kier alpha value is -2.13. The molecule has 3 N–H and O–H groups in total. The van der Waals surface area contributed by atoms with E-state index in [4.69, 9.17) is 5.14 Å². The molecule has 23 heavy (non-hydrogen) atoms. The number of primary sulfonamides is 1. The molecule has 0 spiro atoms. The van der Waals surface area contributed by atoms with Crippen LogP contribution in [0, 0.1) is 0 Å². The van der Waals surface area contributed by atoms with Crippen LogP contribution in [0.25, 0.3) is 0 Å². The molecule has 1 heterocycles. The van der Waals surface area contributed by atoms with Gasteiger partial charge in [-0.2, -0.15) is 0 Å². The van der Waals surface area contributed by atoms with Crippen molar-refractivity contribution in [2.24, 2.45) is 5.14 Å². The van der Waals surface area contributed by atoms with E-state index in [1.807, 2.05) is 0 Å². The number of sulfonamides is 1. The highest BCUT2D eigenvalue weighted by atomic mass is 32.2. The second kappa shape index (κ2) is 7.42. The van der Waals surface area contributed by atoms with E-state index < -0.39 is 10.0 Å². The summed E-state index contributed by atoms with van der Waals surface area (Å²) in [5.74, 6) is 0. The summed E-state index contributed by atoms with van der Waals surface area (Å²) in [7, 11) is -3.68. The molecule has 1 fully saturated rings. The largest absolute Gasteiger partial charge is 0.342 e.